The van der Waals surface area contributed by atoms with Crippen LogP contribution in [0.15, 0.2) is 42.7 Å². The van der Waals surface area contributed by atoms with E-state index in [1.165, 1.54) is 0 Å². The highest BCUT2D eigenvalue weighted by Crippen LogP contribution is 2.24. The number of carbonyl (C=O) groups is 1. The van der Waals surface area contributed by atoms with Crippen LogP contribution in [0.4, 0.5) is 0 Å². The molecule has 0 amide bonds. The zero-order valence-electron chi connectivity index (χ0n) is 12.5. The Kier molecular flexibility index (Phi) is 4.16. The molecule has 0 radical (unpaired) electrons. The summed E-state index contributed by atoms with van der Waals surface area (Å²) in [4.78, 5) is 13.0. The summed E-state index contributed by atoms with van der Waals surface area (Å²) in [5.41, 5.74) is -0.0778. The first kappa shape index (κ1) is 15.7. The monoisotopic (exact) mass is 317 g/mol. The van der Waals surface area contributed by atoms with Gasteiger partial charge in [-0.1, -0.05) is 12.1 Å². The van der Waals surface area contributed by atoms with Crippen LogP contribution >= 0.6 is 0 Å². The molecule has 3 rings (SSSR count). The van der Waals surface area contributed by atoms with Gasteiger partial charge in [0.1, 0.15) is 6.10 Å². The lowest BCUT2D eigenvalue weighted by atomic mass is 9.88. The largest absolute Gasteiger partial charge is 0.479 e. The molecule has 23 heavy (non-hydrogen) atoms. The molecule has 0 unspecified atom stereocenters. The summed E-state index contributed by atoms with van der Waals surface area (Å²) in [6.07, 6.45) is 2.27. The predicted octanol–water partition coefficient (Wildman–Crippen LogP) is 0.255. The summed E-state index contributed by atoms with van der Waals surface area (Å²) in [5.74, 6) is -1.37. The molecular formula is C16H19N3O4. The van der Waals surface area contributed by atoms with Crippen LogP contribution < -0.4 is 0 Å². The van der Waals surface area contributed by atoms with Crippen LogP contribution in [0.5, 0.6) is 0 Å². The molecule has 0 spiro atoms. The Balaban J connectivity index is 1.69. The van der Waals surface area contributed by atoms with Crippen LogP contribution in [0.1, 0.15) is 12.0 Å². The summed E-state index contributed by atoms with van der Waals surface area (Å²) in [6.45, 7) is 1.10. The molecule has 1 saturated heterocycles. The number of aliphatic carboxylic acids is 1. The summed E-state index contributed by atoms with van der Waals surface area (Å²) in [5, 5.41) is 33.2. The first-order valence-corrected chi connectivity index (χ1v) is 7.44. The van der Waals surface area contributed by atoms with Gasteiger partial charge in [0.25, 0.3) is 0 Å². The van der Waals surface area contributed by atoms with Gasteiger partial charge in [-0.05, 0) is 23.8 Å². The van der Waals surface area contributed by atoms with Crippen molar-refractivity contribution in [2.24, 2.45) is 0 Å². The summed E-state index contributed by atoms with van der Waals surface area (Å²) < 4.78 is 1.76. The van der Waals surface area contributed by atoms with Gasteiger partial charge in [-0.3, -0.25) is 4.90 Å². The minimum atomic E-state index is -2.05. The van der Waals surface area contributed by atoms with E-state index in [0.29, 0.717) is 13.1 Å². The molecule has 7 nitrogen and oxygen atoms in total. The molecule has 7 heteroatoms. The van der Waals surface area contributed by atoms with Crippen molar-refractivity contribution < 1.29 is 20.1 Å². The van der Waals surface area contributed by atoms with Crippen molar-refractivity contribution in [1.82, 2.24) is 14.7 Å². The predicted molar refractivity (Wildman–Crippen MR) is 82.1 cm³/mol. The van der Waals surface area contributed by atoms with Gasteiger partial charge in [-0.2, -0.15) is 5.10 Å². The second-order valence-electron chi connectivity index (χ2n) is 5.85. The number of likely N-dealkylation sites (tertiary alicyclic amines) is 1. The van der Waals surface area contributed by atoms with Gasteiger partial charge in [-0.25, -0.2) is 9.48 Å². The number of β-amino-alcohol motifs (C(OH)–C–C–N with tert-alkyl or cyclic N) is 1. The third kappa shape index (κ3) is 3.12. The molecule has 2 aromatic rings. The van der Waals surface area contributed by atoms with E-state index in [1.807, 2.05) is 41.4 Å². The van der Waals surface area contributed by atoms with Crippen LogP contribution in [0.3, 0.4) is 0 Å². The number of aliphatic hydroxyl groups excluding tert-OH is 1. The second kappa shape index (κ2) is 6.11. The van der Waals surface area contributed by atoms with E-state index in [1.54, 1.807) is 10.9 Å². The maximum absolute atomic E-state index is 11.1. The summed E-state index contributed by atoms with van der Waals surface area (Å²) >= 11 is 0. The van der Waals surface area contributed by atoms with E-state index in [9.17, 15) is 15.0 Å². The number of piperidine rings is 1. The Morgan fingerprint density at radius 1 is 1.39 bits per heavy atom. The molecule has 1 aromatic carbocycles. The lowest BCUT2D eigenvalue weighted by Gasteiger charge is -2.39. The number of aliphatic hydroxyl groups is 2. The number of benzene rings is 1. The van der Waals surface area contributed by atoms with Gasteiger partial charge in [-0.15, -0.1) is 0 Å². The Bertz CT molecular complexity index is 688. The number of rotatable bonds is 4. The molecule has 1 aliphatic heterocycles. The molecule has 2 heterocycles. The Labute approximate surface area is 133 Å². The number of hydrogen-bond donors (Lipinski definition) is 3. The van der Waals surface area contributed by atoms with E-state index in [-0.39, 0.29) is 13.0 Å². The smallest absolute Gasteiger partial charge is 0.338 e. The first-order chi connectivity index (χ1) is 11.0. The van der Waals surface area contributed by atoms with Crippen molar-refractivity contribution in [2.45, 2.75) is 24.7 Å². The maximum atomic E-state index is 11.1. The summed E-state index contributed by atoms with van der Waals surface area (Å²) in [7, 11) is 0. The van der Waals surface area contributed by atoms with Crippen LogP contribution in [0.2, 0.25) is 0 Å². The van der Waals surface area contributed by atoms with E-state index in [4.69, 9.17) is 5.11 Å². The molecule has 1 aliphatic rings. The van der Waals surface area contributed by atoms with E-state index in [2.05, 4.69) is 5.10 Å². The quantitative estimate of drug-likeness (QED) is 0.748. The van der Waals surface area contributed by atoms with Crippen LogP contribution in [-0.2, 0) is 11.3 Å². The lowest BCUT2D eigenvalue weighted by molar-refractivity contribution is -0.181. The molecular weight excluding hydrogens is 298 g/mol. The fraction of sp³-hybridized carbons (Fsp3) is 0.375. The molecule has 3 N–H and O–H groups in total. The van der Waals surface area contributed by atoms with Crippen molar-refractivity contribution in [3.8, 4) is 5.69 Å². The van der Waals surface area contributed by atoms with Crippen molar-refractivity contribution in [1.29, 1.82) is 0 Å². The van der Waals surface area contributed by atoms with Gasteiger partial charge in [0.05, 0.1) is 5.69 Å². The highest BCUT2D eigenvalue weighted by Gasteiger charge is 2.47. The van der Waals surface area contributed by atoms with Crippen molar-refractivity contribution >= 4 is 5.97 Å². The van der Waals surface area contributed by atoms with E-state index in [0.717, 1.165) is 11.3 Å². The van der Waals surface area contributed by atoms with Crippen molar-refractivity contribution in [2.75, 3.05) is 13.1 Å². The Morgan fingerprint density at radius 3 is 2.87 bits per heavy atom. The molecule has 0 aliphatic carbocycles. The second-order valence-corrected chi connectivity index (χ2v) is 5.85. The Morgan fingerprint density at radius 2 is 2.22 bits per heavy atom. The third-order valence-corrected chi connectivity index (χ3v) is 4.25. The SMILES string of the molecule is O=C(O)[C@]1(O)CCN(Cc2cccc(-n3cccn3)c2)C[C@H]1O. The average Bonchev–Trinajstić information content (AvgIpc) is 3.05. The van der Waals surface area contributed by atoms with Gasteiger partial charge in [0.2, 0.25) is 0 Å². The minimum Gasteiger partial charge on any atom is -0.479 e. The van der Waals surface area contributed by atoms with E-state index < -0.39 is 17.7 Å². The molecule has 1 aromatic heterocycles. The molecule has 2 atom stereocenters. The number of hydrogen-bond acceptors (Lipinski definition) is 5. The minimum absolute atomic E-state index is 0.00233. The zero-order valence-corrected chi connectivity index (χ0v) is 12.5. The maximum Gasteiger partial charge on any atom is 0.338 e. The van der Waals surface area contributed by atoms with Gasteiger partial charge < -0.3 is 15.3 Å². The number of carboxylic acids is 1. The van der Waals surface area contributed by atoms with Crippen LogP contribution in [0.25, 0.3) is 5.69 Å². The summed E-state index contributed by atoms with van der Waals surface area (Å²) in [6, 6.07) is 9.69. The Hall–Kier alpha value is -2.22. The normalized spacial score (nSPS) is 25.4. The molecule has 1 fully saturated rings. The number of carboxylic acid groups (broad SMARTS) is 1. The van der Waals surface area contributed by atoms with Gasteiger partial charge in [0.15, 0.2) is 5.60 Å². The van der Waals surface area contributed by atoms with Crippen LogP contribution in [-0.4, -0.2) is 60.8 Å². The fourth-order valence-corrected chi connectivity index (χ4v) is 2.85. The zero-order chi connectivity index (χ0) is 16.4. The average molecular weight is 317 g/mol. The molecule has 0 saturated carbocycles. The highest BCUT2D eigenvalue weighted by atomic mass is 16.4. The molecule has 122 valence electrons. The number of aromatic nitrogens is 2. The van der Waals surface area contributed by atoms with Gasteiger partial charge >= 0.3 is 5.97 Å². The fourth-order valence-electron chi connectivity index (χ4n) is 2.85. The standard InChI is InChI=1S/C16H19N3O4/c20-14-11-18(8-5-16(14,23)15(21)22)10-12-3-1-4-13(9-12)19-7-2-6-17-19/h1-4,6-7,9,14,20,23H,5,8,10-11H2,(H,21,22)/t14-,16+/m1/s1. The van der Waals surface area contributed by atoms with E-state index >= 15 is 0 Å². The number of nitrogens with zero attached hydrogens (tertiary/aromatic N) is 3. The van der Waals surface area contributed by atoms with Gasteiger partial charge in [0, 0.05) is 38.4 Å². The molecule has 0 bridgehead atoms. The highest BCUT2D eigenvalue weighted by molar-refractivity contribution is 5.78. The topological polar surface area (TPSA) is 98.8 Å². The lowest BCUT2D eigenvalue weighted by Crippen LogP contribution is -2.59. The van der Waals surface area contributed by atoms with Crippen molar-refractivity contribution in [3.63, 3.8) is 0 Å². The third-order valence-electron chi connectivity index (χ3n) is 4.25. The van der Waals surface area contributed by atoms with Crippen molar-refractivity contribution in [3.05, 3.63) is 48.3 Å². The first-order valence-electron chi connectivity index (χ1n) is 7.44. The van der Waals surface area contributed by atoms with Crippen LogP contribution in [0, 0.1) is 0 Å².